The summed E-state index contributed by atoms with van der Waals surface area (Å²) in [5.74, 6) is -0.881. The minimum absolute atomic E-state index is 0.131. The molecule has 1 aromatic heterocycles. The maximum absolute atomic E-state index is 13.4. The number of nitrogens with zero attached hydrogens (tertiary/aromatic N) is 1. The monoisotopic (exact) mass is 347 g/mol. The maximum Gasteiger partial charge on any atom is 0.243 e. The second-order valence-electron chi connectivity index (χ2n) is 3.88. The third kappa shape index (κ3) is 3.20. The SMILES string of the molecule is NC(=O)COCCn1c(=S)[nH]c2cc(F)c(Br)cc21. The second-order valence-corrected chi connectivity index (χ2v) is 5.13. The summed E-state index contributed by atoms with van der Waals surface area (Å²) < 4.78 is 21.1. The van der Waals surface area contributed by atoms with E-state index in [2.05, 4.69) is 20.9 Å². The van der Waals surface area contributed by atoms with Gasteiger partial charge in [-0.1, -0.05) is 0 Å². The van der Waals surface area contributed by atoms with Crippen molar-refractivity contribution in [2.75, 3.05) is 13.2 Å². The Morgan fingerprint density at radius 2 is 2.32 bits per heavy atom. The number of aromatic amines is 1. The molecular formula is C11H11BrFN3O2S. The molecule has 1 heterocycles. The highest BCUT2D eigenvalue weighted by Crippen LogP contribution is 2.23. The fraction of sp³-hybridized carbons (Fsp3) is 0.273. The second kappa shape index (κ2) is 5.81. The van der Waals surface area contributed by atoms with Crippen molar-refractivity contribution in [2.24, 2.45) is 5.73 Å². The molecule has 0 bridgehead atoms. The first-order chi connectivity index (χ1) is 8.99. The number of nitrogens with one attached hydrogen (secondary N) is 1. The topological polar surface area (TPSA) is 73.0 Å². The number of aromatic nitrogens is 2. The van der Waals surface area contributed by atoms with Crippen LogP contribution in [0.2, 0.25) is 0 Å². The van der Waals surface area contributed by atoms with Crippen LogP contribution in [-0.2, 0) is 16.1 Å². The predicted molar refractivity (Wildman–Crippen MR) is 74.8 cm³/mol. The van der Waals surface area contributed by atoms with Gasteiger partial charge in [-0.15, -0.1) is 0 Å². The van der Waals surface area contributed by atoms with Gasteiger partial charge in [-0.05, 0) is 34.2 Å². The van der Waals surface area contributed by atoms with Crippen LogP contribution in [0.4, 0.5) is 4.39 Å². The molecule has 0 saturated heterocycles. The smallest absolute Gasteiger partial charge is 0.243 e. The number of hydrogen-bond donors (Lipinski definition) is 2. The quantitative estimate of drug-likeness (QED) is 0.642. The maximum atomic E-state index is 13.4. The van der Waals surface area contributed by atoms with E-state index >= 15 is 0 Å². The first kappa shape index (κ1) is 14.2. The Labute approximate surface area is 121 Å². The van der Waals surface area contributed by atoms with E-state index in [4.69, 9.17) is 22.7 Å². The number of hydrogen-bond acceptors (Lipinski definition) is 3. The third-order valence-electron chi connectivity index (χ3n) is 2.52. The van der Waals surface area contributed by atoms with Crippen LogP contribution in [0.5, 0.6) is 0 Å². The van der Waals surface area contributed by atoms with Gasteiger partial charge >= 0.3 is 0 Å². The molecule has 0 radical (unpaired) electrons. The standard InChI is InChI=1S/C11H11BrFN3O2S/c12-6-3-9-8(4-7(6)13)15-11(19)16(9)1-2-18-5-10(14)17/h3-4H,1-2,5H2,(H2,14,17)(H,15,19). The van der Waals surface area contributed by atoms with Crippen LogP contribution in [0.3, 0.4) is 0 Å². The minimum atomic E-state index is -0.521. The number of amides is 1. The molecule has 19 heavy (non-hydrogen) atoms. The van der Waals surface area contributed by atoms with E-state index in [0.29, 0.717) is 27.9 Å². The highest BCUT2D eigenvalue weighted by atomic mass is 79.9. The highest BCUT2D eigenvalue weighted by Gasteiger charge is 2.08. The molecule has 3 N–H and O–H groups in total. The average molecular weight is 348 g/mol. The summed E-state index contributed by atoms with van der Waals surface area (Å²) in [7, 11) is 0. The summed E-state index contributed by atoms with van der Waals surface area (Å²) in [4.78, 5) is 13.5. The van der Waals surface area contributed by atoms with Crippen LogP contribution < -0.4 is 5.73 Å². The lowest BCUT2D eigenvalue weighted by atomic mass is 10.3. The van der Waals surface area contributed by atoms with Crippen molar-refractivity contribution in [3.8, 4) is 0 Å². The molecule has 0 fully saturated rings. The molecule has 0 spiro atoms. The minimum Gasteiger partial charge on any atom is -0.370 e. The average Bonchev–Trinajstić information content (AvgIpc) is 2.61. The lowest BCUT2D eigenvalue weighted by Crippen LogP contribution is -2.19. The van der Waals surface area contributed by atoms with Crippen LogP contribution in [0.25, 0.3) is 11.0 Å². The van der Waals surface area contributed by atoms with Crippen molar-refractivity contribution >= 4 is 45.1 Å². The molecule has 1 aromatic carbocycles. The number of rotatable bonds is 5. The van der Waals surface area contributed by atoms with Gasteiger partial charge in [0.05, 0.1) is 22.1 Å². The van der Waals surface area contributed by atoms with Crippen molar-refractivity contribution < 1.29 is 13.9 Å². The molecule has 0 atom stereocenters. The summed E-state index contributed by atoms with van der Waals surface area (Å²) in [5.41, 5.74) is 6.34. The summed E-state index contributed by atoms with van der Waals surface area (Å²) in [6.45, 7) is 0.609. The Morgan fingerprint density at radius 1 is 1.58 bits per heavy atom. The number of fused-ring (bicyclic) bond motifs is 1. The van der Waals surface area contributed by atoms with Crippen LogP contribution in [0.15, 0.2) is 16.6 Å². The molecule has 0 aliphatic heterocycles. The van der Waals surface area contributed by atoms with Crippen LogP contribution in [-0.4, -0.2) is 28.7 Å². The molecule has 5 nitrogen and oxygen atoms in total. The van der Waals surface area contributed by atoms with E-state index < -0.39 is 5.91 Å². The molecule has 0 aliphatic rings. The molecule has 0 saturated carbocycles. The molecular weight excluding hydrogens is 337 g/mol. The zero-order valence-electron chi connectivity index (χ0n) is 9.78. The van der Waals surface area contributed by atoms with Gasteiger partial charge in [0.25, 0.3) is 0 Å². The molecule has 2 aromatic rings. The van der Waals surface area contributed by atoms with Gasteiger partial charge < -0.3 is 20.0 Å². The lowest BCUT2D eigenvalue weighted by molar-refractivity contribution is -0.122. The number of nitrogens with two attached hydrogens (primary N) is 1. The van der Waals surface area contributed by atoms with Gasteiger partial charge in [0.15, 0.2) is 4.77 Å². The first-order valence-electron chi connectivity index (χ1n) is 5.42. The van der Waals surface area contributed by atoms with Crippen LogP contribution in [0.1, 0.15) is 0 Å². The third-order valence-corrected chi connectivity index (χ3v) is 3.45. The number of carbonyl (C=O) groups excluding carboxylic acids is 1. The van der Waals surface area contributed by atoms with Crippen LogP contribution >= 0.6 is 28.1 Å². The Bertz CT molecular complexity index is 682. The van der Waals surface area contributed by atoms with Gasteiger partial charge in [0.1, 0.15) is 12.4 Å². The van der Waals surface area contributed by atoms with Gasteiger partial charge in [-0.2, -0.15) is 0 Å². The van der Waals surface area contributed by atoms with E-state index in [9.17, 15) is 9.18 Å². The van der Waals surface area contributed by atoms with Gasteiger partial charge in [0, 0.05) is 12.6 Å². The van der Waals surface area contributed by atoms with E-state index in [1.807, 2.05) is 0 Å². The molecule has 2 rings (SSSR count). The Hall–Kier alpha value is -1.25. The van der Waals surface area contributed by atoms with Crippen molar-refractivity contribution in [3.05, 3.63) is 27.2 Å². The normalized spacial score (nSPS) is 11.1. The van der Waals surface area contributed by atoms with Gasteiger partial charge in [-0.3, -0.25) is 4.79 Å². The molecule has 8 heteroatoms. The summed E-state index contributed by atoms with van der Waals surface area (Å²) >= 11 is 8.30. The van der Waals surface area contributed by atoms with Crippen molar-refractivity contribution in [3.63, 3.8) is 0 Å². The lowest BCUT2D eigenvalue weighted by Gasteiger charge is -2.05. The summed E-state index contributed by atoms with van der Waals surface area (Å²) in [6.07, 6.45) is 0. The van der Waals surface area contributed by atoms with E-state index in [1.54, 1.807) is 10.6 Å². The Balaban J connectivity index is 2.23. The van der Waals surface area contributed by atoms with Crippen molar-refractivity contribution in [1.29, 1.82) is 0 Å². The van der Waals surface area contributed by atoms with Gasteiger partial charge in [0.2, 0.25) is 5.91 Å². The molecule has 0 unspecified atom stereocenters. The Kier molecular flexibility index (Phi) is 4.33. The van der Waals surface area contributed by atoms with E-state index in [0.717, 1.165) is 5.52 Å². The van der Waals surface area contributed by atoms with E-state index in [1.165, 1.54) is 6.07 Å². The number of H-pyrrole nitrogens is 1. The largest absolute Gasteiger partial charge is 0.370 e. The molecule has 1 amide bonds. The molecule has 102 valence electrons. The summed E-state index contributed by atoms with van der Waals surface area (Å²) in [5, 5.41) is 0. The zero-order valence-corrected chi connectivity index (χ0v) is 12.2. The fourth-order valence-corrected chi connectivity index (χ4v) is 2.33. The van der Waals surface area contributed by atoms with E-state index in [-0.39, 0.29) is 12.4 Å². The Morgan fingerprint density at radius 3 is 3.00 bits per heavy atom. The number of halogens is 2. The number of imidazole rings is 1. The van der Waals surface area contributed by atoms with Crippen LogP contribution in [0, 0.1) is 10.6 Å². The van der Waals surface area contributed by atoms with Crippen molar-refractivity contribution in [1.82, 2.24) is 9.55 Å². The number of benzene rings is 1. The van der Waals surface area contributed by atoms with Crippen molar-refractivity contribution in [2.45, 2.75) is 6.54 Å². The molecule has 0 aliphatic carbocycles. The zero-order chi connectivity index (χ0) is 14.0. The predicted octanol–water partition coefficient (Wildman–Crippen LogP) is 2.10. The van der Waals surface area contributed by atoms with Gasteiger partial charge in [-0.25, -0.2) is 4.39 Å². The number of primary amides is 1. The highest BCUT2D eigenvalue weighted by molar-refractivity contribution is 9.10. The number of ether oxygens (including phenoxy) is 1. The summed E-state index contributed by atoms with van der Waals surface area (Å²) in [6, 6.07) is 3.01. The fourth-order valence-electron chi connectivity index (χ4n) is 1.70. The number of carbonyl (C=O) groups is 1. The first-order valence-corrected chi connectivity index (χ1v) is 6.63.